The van der Waals surface area contributed by atoms with E-state index < -0.39 is 24.5 Å². The summed E-state index contributed by atoms with van der Waals surface area (Å²) in [5.74, 6) is 0.135. The molecule has 0 unspecified atom stereocenters. The first-order valence-corrected chi connectivity index (χ1v) is 5.29. The molecule has 4 atom stereocenters. The Morgan fingerprint density at radius 2 is 1.71 bits per heavy atom. The van der Waals surface area contributed by atoms with Gasteiger partial charge in [0, 0.05) is 5.69 Å². The lowest BCUT2D eigenvalue weighted by Crippen LogP contribution is -2.55. The maximum atomic E-state index is 9.68. The molecule has 17 heavy (non-hydrogen) atoms. The second-order valence-electron chi connectivity index (χ2n) is 3.99. The van der Waals surface area contributed by atoms with Gasteiger partial charge in [-0.15, -0.1) is 0 Å². The van der Waals surface area contributed by atoms with E-state index >= 15 is 0 Å². The second kappa shape index (κ2) is 4.89. The third-order valence-electron chi connectivity index (χ3n) is 2.68. The van der Waals surface area contributed by atoms with Crippen LogP contribution in [-0.2, 0) is 4.74 Å². The Morgan fingerprint density at radius 1 is 1.06 bits per heavy atom. The Labute approximate surface area is 98.1 Å². The number of hydrogen-bond donors (Lipinski definition) is 5. The molecule has 0 radical (unpaired) electrons. The van der Waals surface area contributed by atoms with Gasteiger partial charge in [-0.25, -0.2) is 0 Å². The summed E-state index contributed by atoms with van der Waals surface area (Å²) in [5, 5.41) is 40.4. The zero-order valence-electron chi connectivity index (χ0n) is 9.02. The van der Waals surface area contributed by atoms with Crippen LogP contribution < -0.4 is 5.32 Å². The molecule has 0 aliphatic carbocycles. The van der Waals surface area contributed by atoms with Crippen molar-refractivity contribution in [2.45, 2.75) is 24.5 Å². The number of rotatable bonds is 2. The van der Waals surface area contributed by atoms with Gasteiger partial charge in [-0.2, -0.15) is 0 Å². The fourth-order valence-corrected chi connectivity index (χ4v) is 1.66. The van der Waals surface area contributed by atoms with Gasteiger partial charge in [-0.3, -0.25) is 0 Å². The van der Waals surface area contributed by atoms with Crippen molar-refractivity contribution in [1.82, 2.24) is 0 Å². The number of hydrogen-bond acceptors (Lipinski definition) is 6. The van der Waals surface area contributed by atoms with E-state index in [1.807, 2.05) is 0 Å². The molecule has 6 nitrogen and oxygen atoms in total. The summed E-state index contributed by atoms with van der Waals surface area (Å²) in [6.45, 7) is -0.0476. The van der Waals surface area contributed by atoms with Crippen LogP contribution in [-0.4, -0.2) is 51.6 Å². The van der Waals surface area contributed by atoms with E-state index in [4.69, 9.17) is 9.84 Å². The molecule has 94 valence electrons. The Balaban J connectivity index is 2.01. The lowest BCUT2D eigenvalue weighted by atomic mass is 10.0. The molecule has 0 amide bonds. The van der Waals surface area contributed by atoms with Gasteiger partial charge in [0.2, 0.25) is 0 Å². The summed E-state index contributed by atoms with van der Waals surface area (Å²) in [6, 6.07) is 6.21. The number of aliphatic hydroxyl groups excluding tert-OH is 3. The quantitative estimate of drug-likeness (QED) is 0.436. The molecule has 0 saturated carbocycles. The fraction of sp³-hybridized carbons (Fsp3) is 0.455. The van der Waals surface area contributed by atoms with Crippen LogP contribution in [0.25, 0.3) is 0 Å². The first kappa shape index (κ1) is 12.1. The number of anilines is 1. The van der Waals surface area contributed by atoms with Gasteiger partial charge >= 0.3 is 0 Å². The highest BCUT2D eigenvalue weighted by Crippen LogP contribution is 2.20. The van der Waals surface area contributed by atoms with Crippen LogP contribution >= 0.6 is 0 Å². The molecule has 1 fully saturated rings. The minimum atomic E-state index is -1.24. The van der Waals surface area contributed by atoms with Gasteiger partial charge in [0.15, 0.2) is 6.23 Å². The van der Waals surface area contributed by atoms with Gasteiger partial charge in [0.1, 0.15) is 24.1 Å². The standard InChI is InChI=1S/C11H15NO5/c13-7-3-1-6(2-4-7)12-11-10(16)9(15)8(14)5-17-11/h1-4,8-16H,5H2/t8-,9-,10-,11+/m0/s1. The third kappa shape index (κ3) is 2.67. The number of aliphatic hydroxyl groups is 3. The van der Waals surface area contributed by atoms with E-state index in [1.165, 1.54) is 12.1 Å². The molecule has 5 N–H and O–H groups in total. The molecule has 1 aromatic carbocycles. The van der Waals surface area contributed by atoms with Crippen molar-refractivity contribution in [3.63, 3.8) is 0 Å². The number of nitrogens with one attached hydrogen (secondary N) is 1. The van der Waals surface area contributed by atoms with Gasteiger partial charge < -0.3 is 30.5 Å². The molecule has 0 spiro atoms. The normalized spacial score (nSPS) is 33.4. The number of phenolic OH excluding ortho intramolecular Hbond substituents is 1. The summed E-state index contributed by atoms with van der Waals surface area (Å²) in [4.78, 5) is 0. The Kier molecular flexibility index (Phi) is 3.49. The van der Waals surface area contributed by atoms with E-state index in [1.54, 1.807) is 12.1 Å². The molecular weight excluding hydrogens is 226 g/mol. The Bertz CT molecular complexity index is 369. The highest BCUT2D eigenvalue weighted by atomic mass is 16.5. The Hall–Kier alpha value is -1.34. The van der Waals surface area contributed by atoms with Crippen molar-refractivity contribution in [3.8, 4) is 5.75 Å². The predicted molar refractivity (Wildman–Crippen MR) is 59.5 cm³/mol. The van der Waals surface area contributed by atoms with Gasteiger partial charge in [0.05, 0.1) is 6.61 Å². The molecular formula is C11H15NO5. The molecule has 1 aliphatic rings. The monoisotopic (exact) mass is 241 g/mol. The molecule has 1 aliphatic heterocycles. The minimum Gasteiger partial charge on any atom is -0.508 e. The number of phenols is 1. The highest BCUT2D eigenvalue weighted by molar-refractivity contribution is 5.46. The lowest BCUT2D eigenvalue weighted by molar-refractivity contribution is -0.178. The number of ether oxygens (including phenoxy) is 1. The van der Waals surface area contributed by atoms with E-state index in [0.717, 1.165) is 0 Å². The van der Waals surface area contributed by atoms with Crippen molar-refractivity contribution in [1.29, 1.82) is 0 Å². The second-order valence-corrected chi connectivity index (χ2v) is 3.99. The van der Waals surface area contributed by atoms with Crippen LogP contribution in [0.1, 0.15) is 0 Å². The van der Waals surface area contributed by atoms with Crippen LogP contribution in [0.3, 0.4) is 0 Å². The average Bonchev–Trinajstić information content (AvgIpc) is 2.33. The summed E-state index contributed by atoms with van der Waals surface area (Å²) < 4.78 is 5.17. The molecule has 0 aromatic heterocycles. The van der Waals surface area contributed by atoms with Crippen molar-refractivity contribution < 1.29 is 25.2 Å². The zero-order chi connectivity index (χ0) is 12.4. The minimum absolute atomic E-state index is 0.0476. The van der Waals surface area contributed by atoms with Crippen molar-refractivity contribution in [3.05, 3.63) is 24.3 Å². The van der Waals surface area contributed by atoms with Gasteiger partial charge in [0.25, 0.3) is 0 Å². The van der Waals surface area contributed by atoms with E-state index in [2.05, 4.69) is 5.32 Å². The van der Waals surface area contributed by atoms with Gasteiger partial charge in [-0.1, -0.05) is 0 Å². The van der Waals surface area contributed by atoms with Crippen LogP contribution in [0.2, 0.25) is 0 Å². The molecule has 1 aromatic rings. The van der Waals surface area contributed by atoms with E-state index in [9.17, 15) is 15.3 Å². The molecule has 2 rings (SSSR count). The third-order valence-corrected chi connectivity index (χ3v) is 2.68. The van der Waals surface area contributed by atoms with Crippen LogP contribution in [0, 0.1) is 0 Å². The lowest BCUT2D eigenvalue weighted by Gasteiger charge is -2.35. The first-order chi connectivity index (χ1) is 8.08. The maximum Gasteiger partial charge on any atom is 0.156 e. The van der Waals surface area contributed by atoms with Gasteiger partial charge in [-0.05, 0) is 24.3 Å². The van der Waals surface area contributed by atoms with Crippen molar-refractivity contribution in [2.75, 3.05) is 11.9 Å². The summed E-state index contributed by atoms with van der Waals surface area (Å²) in [5.41, 5.74) is 0.635. The van der Waals surface area contributed by atoms with E-state index in [0.29, 0.717) is 5.69 Å². The largest absolute Gasteiger partial charge is 0.508 e. The molecule has 1 heterocycles. The van der Waals surface area contributed by atoms with E-state index in [-0.39, 0.29) is 12.4 Å². The van der Waals surface area contributed by atoms with Crippen LogP contribution in [0.4, 0.5) is 5.69 Å². The van der Waals surface area contributed by atoms with Crippen LogP contribution in [0.5, 0.6) is 5.75 Å². The Morgan fingerprint density at radius 3 is 2.35 bits per heavy atom. The fourth-order valence-electron chi connectivity index (χ4n) is 1.66. The SMILES string of the molecule is Oc1ccc(N[C@@H]2OC[C@H](O)[C@H](O)[C@@H]2O)cc1. The zero-order valence-corrected chi connectivity index (χ0v) is 9.02. The first-order valence-electron chi connectivity index (χ1n) is 5.29. The maximum absolute atomic E-state index is 9.68. The van der Waals surface area contributed by atoms with Crippen molar-refractivity contribution >= 4 is 5.69 Å². The topological polar surface area (TPSA) is 102 Å². The molecule has 1 saturated heterocycles. The average molecular weight is 241 g/mol. The summed E-state index contributed by atoms with van der Waals surface area (Å²) in [6.07, 6.45) is -4.33. The highest BCUT2D eigenvalue weighted by Gasteiger charge is 2.37. The molecule has 0 bridgehead atoms. The summed E-state index contributed by atoms with van der Waals surface area (Å²) in [7, 11) is 0. The number of benzene rings is 1. The number of aromatic hydroxyl groups is 1. The molecule has 6 heteroatoms. The van der Waals surface area contributed by atoms with Crippen molar-refractivity contribution in [2.24, 2.45) is 0 Å². The summed E-state index contributed by atoms with van der Waals surface area (Å²) >= 11 is 0. The van der Waals surface area contributed by atoms with Crippen LogP contribution in [0.15, 0.2) is 24.3 Å². The smallest absolute Gasteiger partial charge is 0.156 e. The predicted octanol–water partition coefficient (Wildman–Crippen LogP) is -0.757.